The van der Waals surface area contributed by atoms with Crippen molar-refractivity contribution in [3.05, 3.63) is 55.5 Å². The molecule has 0 aliphatic heterocycles. The average Bonchev–Trinajstić information content (AvgIpc) is 2.32. The lowest BCUT2D eigenvalue weighted by atomic mass is 10.1. The maximum absolute atomic E-state index is 6.17. The molecule has 0 amide bonds. The second kappa shape index (κ2) is 6.48. The molecule has 1 aromatic carbocycles. The summed E-state index contributed by atoms with van der Waals surface area (Å²) in [5.74, 6) is 0.660. The zero-order valence-electron chi connectivity index (χ0n) is 10.9. The first kappa shape index (κ1) is 15.8. The maximum Gasteiger partial charge on any atom is 0.137 e. The second-order valence-electron chi connectivity index (χ2n) is 4.67. The van der Waals surface area contributed by atoms with E-state index in [-0.39, 0.29) is 5.92 Å². The molecule has 0 atom stereocenters. The second-order valence-corrected chi connectivity index (χ2v) is 6.20. The topological polar surface area (TPSA) is 25.8 Å². The van der Waals surface area contributed by atoms with Gasteiger partial charge in [0, 0.05) is 22.0 Å². The highest BCUT2D eigenvalue weighted by atomic mass is 35.5. The molecule has 2 aromatic rings. The van der Waals surface area contributed by atoms with E-state index < -0.39 is 0 Å². The Bertz CT molecular complexity index is 598. The van der Waals surface area contributed by atoms with Crippen LogP contribution in [0.25, 0.3) is 0 Å². The molecule has 106 valence electrons. The Morgan fingerprint density at radius 1 is 0.950 bits per heavy atom. The fourth-order valence-corrected chi connectivity index (χ4v) is 3.26. The van der Waals surface area contributed by atoms with Crippen LogP contribution in [-0.2, 0) is 6.42 Å². The van der Waals surface area contributed by atoms with Crippen LogP contribution >= 0.6 is 46.4 Å². The van der Waals surface area contributed by atoms with E-state index in [9.17, 15) is 0 Å². The summed E-state index contributed by atoms with van der Waals surface area (Å²) in [6.07, 6.45) is 0.385. The molecule has 2 rings (SSSR count). The first-order valence-corrected chi connectivity index (χ1v) is 7.56. The predicted octanol–water partition coefficient (Wildman–Crippen LogP) is 5.80. The van der Waals surface area contributed by atoms with Crippen molar-refractivity contribution >= 4 is 46.4 Å². The SMILES string of the molecule is CC(C)c1c(Cl)nc(Cc2c(Cl)cccc2Cl)nc1Cl. The minimum atomic E-state index is 0.160. The molecule has 0 N–H and O–H groups in total. The minimum absolute atomic E-state index is 0.160. The minimum Gasteiger partial charge on any atom is -0.220 e. The van der Waals surface area contributed by atoms with Crippen LogP contribution in [0.4, 0.5) is 0 Å². The van der Waals surface area contributed by atoms with Gasteiger partial charge in [-0.2, -0.15) is 0 Å². The van der Waals surface area contributed by atoms with Gasteiger partial charge in [-0.1, -0.05) is 66.3 Å². The summed E-state index contributed by atoms with van der Waals surface area (Å²) in [4.78, 5) is 8.57. The molecule has 0 aliphatic carbocycles. The molecule has 0 spiro atoms. The number of hydrogen-bond donors (Lipinski definition) is 0. The van der Waals surface area contributed by atoms with E-state index in [1.165, 1.54) is 0 Å². The Morgan fingerprint density at radius 3 is 1.90 bits per heavy atom. The molecule has 1 aromatic heterocycles. The van der Waals surface area contributed by atoms with Gasteiger partial charge in [-0.25, -0.2) is 9.97 Å². The van der Waals surface area contributed by atoms with Gasteiger partial charge in [0.1, 0.15) is 16.1 Å². The van der Waals surface area contributed by atoms with E-state index in [1.807, 2.05) is 13.8 Å². The molecule has 1 heterocycles. The zero-order chi connectivity index (χ0) is 14.9. The molecule has 0 aliphatic rings. The predicted molar refractivity (Wildman–Crippen MR) is 85.4 cm³/mol. The lowest BCUT2D eigenvalue weighted by molar-refractivity contribution is 0.830. The van der Waals surface area contributed by atoms with Crippen molar-refractivity contribution in [3.63, 3.8) is 0 Å². The van der Waals surface area contributed by atoms with Gasteiger partial charge in [0.05, 0.1) is 0 Å². The smallest absolute Gasteiger partial charge is 0.137 e. The number of benzene rings is 1. The molecule has 0 unspecified atom stereocenters. The quantitative estimate of drug-likeness (QED) is 0.654. The molecule has 0 radical (unpaired) electrons. The van der Waals surface area contributed by atoms with Crippen LogP contribution in [0.3, 0.4) is 0 Å². The molecule has 0 bridgehead atoms. The fourth-order valence-electron chi connectivity index (χ4n) is 1.87. The van der Waals surface area contributed by atoms with Crippen LogP contribution in [-0.4, -0.2) is 9.97 Å². The van der Waals surface area contributed by atoms with Crippen LogP contribution in [0, 0.1) is 0 Å². The Kier molecular flexibility index (Phi) is 5.14. The van der Waals surface area contributed by atoms with E-state index >= 15 is 0 Å². The highest BCUT2D eigenvalue weighted by Crippen LogP contribution is 2.31. The highest BCUT2D eigenvalue weighted by molar-refractivity contribution is 6.36. The van der Waals surface area contributed by atoms with Gasteiger partial charge in [-0.3, -0.25) is 0 Å². The van der Waals surface area contributed by atoms with Crippen molar-refractivity contribution in [1.29, 1.82) is 0 Å². The summed E-state index contributed by atoms with van der Waals surface area (Å²) in [7, 11) is 0. The Morgan fingerprint density at radius 2 is 1.45 bits per heavy atom. The Balaban J connectivity index is 2.41. The average molecular weight is 350 g/mol. The van der Waals surface area contributed by atoms with E-state index in [0.29, 0.717) is 32.6 Å². The third-order valence-corrected chi connectivity index (χ3v) is 4.16. The zero-order valence-corrected chi connectivity index (χ0v) is 13.9. The van der Waals surface area contributed by atoms with Crippen LogP contribution < -0.4 is 0 Å². The number of halogens is 4. The van der Waals surface area contributed by atoms with Crippen LogP contribution in [0.1, 0.15) is 36.7 Å². The molecular weight excluding hydrogens is 338 g/mol. The van der Waals surface area contributed by atoms with Crippen molar-refractivity contribution in [2.45, 2.75) is 26.2 Å². The molecule has 6 heteroatoms. The van der Waals surface area contributed by atoms with Crippen molar-refractivity contribution in [2.75, 3.05) is 0 Å². The first-order valence-electron chi connectivity index (χ1n) is 6.04. The highest BCUT2D eigenvalue weighted by Gasteiger charge is 2.16. The first-order chi connectivity index (χ1) is 9.40. The third kappa shape index (κ3) is 3.37. The summed E-state index contributed by atoms with van der Waals surface area (Å²) in [6, 6.07) is 5.33. The van der Waals surface area contributed by atoms with E-state index in [0.717, 1.165) is 11.1 Å². The normalized spacial score (nSPS) is 11.2. The monoisotopic (exact) mass is 348 g/mol. The summed E-state index contributed by atoms with van der Waals surface area (Å²) < 4.78 is 0. The fraction of sp³-hybridized carbons (Fsp3) is 0.286. The lowest BCUT2D eigenvalue weighted by Gasteiger charge is -2.12. The summed E-state index contributed by atoms with van der Waals surface area (Å²) in [5.41, 5.74) is 1.52. The molecule has 2 nitrogen and oxygen atoms in total. The van der Waals surface area contributed by atoms with E-state index in [2.05, 4.69) is 9.97 Å². The van der Waals surface area contributed by atoms with Gasteiger partial charge < -0.3 is 0 Å². The number of rotatable bonds is 3. The standard InChI is InChI=1S/C14H12Cl4N2/c1-7(2)12-13(17)19-11(20-14(12)18)6-8-9(15)4-3-5-10(8)16/h3-5,7H,6H2,1-2H3. The number of aromatic nitrogens is 2. The van der Waals surface area contributed by atoms with E-state index in [1.54, 1.807) is 18.2 Å². The van der Waals surface area contributed by atoms with Gasteiger partial charge in [0.25, 0.3) is 0 Å². The molecule has 20 heavy (non-hydrogen) atoms. The van der Waals surface area contributed by atoms with E-state index in [4.69, 9.17) is 46.4 Å². The molecule has 0 fully saturated rings. The lowest BCUT2D eigenvalue weighted by Crippen LogP contribution is -2.03. The van der Waals surface area contributed by atoms with Crippen LogP contribution in [0.2, 0.25) is 20.4 Å². The molecule has 0 saturated carbocycles. The van der Waals surface area contributed by atoms with Gasteiger partial charge in [-0.15, -0.1) is 0 Å². The number of nitrogens with zero attached hydrogens (tertiary/aromatic N) is 2. The Hall–Kier alpha value is -0.540. The van der Waals surface area contributed by atoms with Crippen molar-refractivity contribution in [1.82, 2.24) is 9.97 Å². The number of hydrogen-bond acceptors (Lipinski definition) is 2. The third-order valence-electron chi connectivity index (χ3n) is 2.87. The van der Waals surface area contributed by atoms with Crippen LogP contribution in [0.15, 0.2) is 18.2 Å². The van der Waals surface area contributed by atoms with Crippen molar-refractivity contribution < 1.29 is 0 Å². The van der Waals surface area contributed by atoms with Gasteiger partial charge >= 0.3 is 0 Å². The van der Waals surface area contributed by atoms with Crippen molar-refractivity contribution in [3.8, 4) is 0 Å². The summed E-state index contributed by atoms with van der Waals surface area (Å²) in [5, 5.41) is 1.89. The summed E-state index contributed by atoms with van der Waals surface area (Å²) in [6.45, 7) is 3.97. The molecule has 0 saturated heterocycles. The van der Waals surface area contributed by atoms with Gasteiger partial charge in [0.15, 0.2) is 0 Å². The van der Waals surface area contributed by atoms with Crippen molar-refractivity contribution in [2.24, 2.45) is 0 Å². The summed E-state index contributed by atoms with van der Waals surface area (Å²) >= 11 is 24.6. The van der Waals surface area contributed by atoms with Gasteiger partial charge in [0.2, 0.25) is 0 Å². The van der Waals surface area contributed by atoms with Crippen LogP contribution in [0.5, 0.6) is 0 Å². The molecular formula is C14H12Cl4N2. The van der Waals surface area contributed by atoms with Gasteiger partial charge in [-0.05, 0) is 23.6 Å². The largest absolute Gasteiger partial charge is 0.220 e. The maximum atomic E-state index is 6.17. The Labute approximate surface area is 138 Å².